The van der Waals surface area contributed by atoms with Crippen LogP contribution in [0.2, 0.25) is 0 Å². The summed E-state index contributed by atoms with van der Waals surface area (Å²) in [6.07, 6.45) is 5.07. The molecule has 3 aromatic carbocycles. The summed E-state index contributed by atoms with van der Waals surface area (Å²) in [7, 11) is 1.56. The van der Waals surface area contributed by atoms with Gasteiger partial charge in [0.15, 0.2) is 23.1 Å². The van der Waals surface area contributed by atoms with Crippen LogP contribution in [0.25, 0.3) is 0 Å². The molecule has 0 spiro atoms. The normalized spacial score (nSPS) is 17.5. The maximum Gasteiger partial charge on any atom is 0.161 e. The van der Waals surface area contributed by atoms with E-state index in [-0.39, 0.29) is 24.0 Å². The molecule has 41 heavy (non-hydrogen) atoms. The summed E-state index contributed by atoms with van der Waals surface area (Å²) >= 11 is 0. The molecular formula is C35H34FNO4. The van der Waals surface area contributed by atoms with Crippen LogP contribution in [0.5, 0.6) is 11.5 Å². The molecule has 1 heterocycles. The number of ether oxygens (including phenoxy) is 2. The van der Waals surface area contributed by atoms with Gasteiger partial charge in [0, 0.05) is 53.4 Å². The molecule has 0 bridgehead atoms. The van der Waals surface area contributed by atoms with Crippen molar-refractivity contribution >= 4 is 11.6 Å². The summed E-state index contributed by atoms with van der Waals surface area (Å²) in [6.45, 7) is 0.796. The lowest BCUT2D eigenvalue weighted by Crippen LogP contribution is -2.39. The van der Waals surface area contributed by atoms with Crippen LogP contribution >= 0.6 is 0 Å². The number of benzene rings is 3. The lowest BCUT2D eigenvalue weighted by molar-refractivity contribution is -0.117. The molecule has 0 saturated heterocycles. The molecule has 0 unspecified atom stereocenters. The average molecular weight is 552 g/mol. The Morgan fingerprint density at radius 3 is 2.12 bits per heavy atom. The first-order valence-electron chi connectivity index (χ1n) is 14.4. The summed E-state index contributed by atoms with van der Waals surface area (Å²) in [4.78, 5) is 29.5. The van der Waals surface area contributed by atoms with E-state index in [0.717, 1.165) is 66.8 Å². The predicted octanol–water partition coefficient (Wildman–Crippen LogP) is 7.07. The van der Waals surface area contributed by atoms with Crippen LogP contribution in [0.4, 0.5) is 4.39 Å². The molecule has 1 aliphatic heterocycles. The summed E-state index contributed by atoms with van der Waals surface area (Å²) in [5, 5.41) is 0. The van der Waals surface area contributed by atoms with Gasteiger partial charge in [-0.25, -0.2) is 4.39 Å². The van der Waals surface area contributed by atoms with Crippen LogP contribution in [0, 0.1) is 5.82 Å². The van der Waals surface area contributed by atoms with Crippen molar-refractivity contribution in [2.75, 3.05) is 13.7 Å². The van der Waals surface area contributed by atoms with Gasteiger partial charge in [0.05, 0.1) is 7.11 Å². The third kappa shape index (κ3) is 5.31. The largest absolute Gasteiger partial charge is 0.493 e. The van der Waals surface area contributed by atoms with Crippen molar-refractivity contribution in [1.82, 2.24) is 4.90 Å². The van der Waals surface area contributed by atoms with Crippen molar-refractivity contribution < 1.29 is 23.5 Å². The molecule has 0 atom stereocenters. The molecule has 6 rings (SSSR count). The Hall–Kier alpha value is -4.19. The number of halogens is 1. The third-order valence-electron chi connectivity index (χ3n) is 8.42. The van der Waals surface area contributed by atoms with Crippen molar-refractivity contribution in [2.24, 2.45) is 0 Å². The van der Waals surface area contributed by atoms with Gasteiger partial charge in [-0.2, -0.15) is 0 Å². The maximum absolute atomic E-state index is 14.2. The molecule has 6 heteroatoms. The Kier molecular flexibility index (Phi) is 7.73. The molecule has 0 radical (unpaired) electrons. The Morgan fingerprint density at radius 1 is 0.805 bits per heavy atom. The highest BCUT2D eigenvalue weighted by Gasteiger charge is 2.43. The van der Waals surface area contributed by atoms with E-state index in [1.807, 2.05) is 30.3 Å². The van der Waals surface area contributed by atoms with Gasteiger partial charge in [0.2, 0.25) is 0 Å². The van der Waals surface area contributed by atoms with E-state index in [1.54, 1.807) is 31.4 Å². The lowest BCUT2D eigenvalue weighted by atomic mass is 9.71. The second-order valence-electron chi connectivity index (χ2n) is 10.9. The minimum absolute atomic E-state index is 0.0593. The minimum atomic E-state index is -0.428. The van der Waals surface area contributed by atoms with Gasteiger partial charge in [0.25, 0.3) is 0 Å². The van der Waals surface area contributed by atoms with E-state index in [2.05, 4.69) is 17.0 Å². The van der Waals surface area contributed by atoms with Gasteiger partial charge in [-0.3, -0.25) is 9.59 Å². The first kappa shape index (κ1) is 27.0. The first-order valence-corrected chi connectivity index (χ1v) is 14.4. The van der Waals surface area contributed by atoms with E-state index in [4.69, 9.17) is 9.47 Å². The second kappa shape index (κ2) is 11.7. The number of Topliss-reactive ketones (excluding diaryl/α,β-unsaturated/α-hetero) is 2. The number of hydrogen-bond acceptors (Lipinski definition) is 5. The lowest BCUT2D eigenvalue weighted by Gasteiger charge is -2.44. The molecule has 0 saturated carbocycles. The SMILES string of the molecule is COc1cc(C2C3=C(CCCC3=O)N(CCc3ccccc3)C3=C2C(=O)CCC3)ccc1OCc1ccccc1F. The van der Waals surface area contributed by atoms with Crippen molar-refractivity contribution in [1.29, 1.82) is 0 Å². The Morgan fingerprint density at radius 2 is 1.46 bits per heavy atom. The predicted molar refractivity (Wildman–Crippen MR) is 155 cm³/mol. The van der Waals surface area contributed by atoms with Crippen molar-refractivity contribution in [3.05, 3.63) is 118 Å². The fraction of sp³-hybridized carbons (Fsp3) is 0.314. The number of nitrogens with zero attached hydrogens (tertiary/aromatic N) is 1. The molecule has 3 aliphatic rings. The van der Waals surface area contributed by atoms with Gasteiger partial charge >= 0.3 is 0 Å². The highest BCUT2D eigenvalue weighted by atomic mass is 19.1. The third-order valence-corrected chi connectivity index (χ3v) is 8.42. The van der Waals surface area contributed by atoms with E-state index in [9.17, 15) is 14.0 Å². The molecule has 2 aliphatic carbocycles. The van der Waals surface area contributed by atoms with E-state index in [0.29, 0.717) is 29.9 Å². The number of ketones is 2. The highest BCUT2D eigenvalue weighted by molar-refractivity contribution is 6.06. The average Bonchev–Trinajstić information content (AvgIpc) is 3.00. The topological polar surface area (TPSA) is 55.8 Å². The summed E-state index contributed by atoms with van der Waals surface area (Å²) in [6, 6.07) is 22.5. The van der Waals surface area contributed by atoms with E-state index >= 15 is 0 Å². The van der Waals surface area contributed by atoms with Gasteiger partial charge in [-0.15, -0.1) is 0 Å². The molecular weight excluding hydrogens is 517 g/mol. The van der Waals surface area contributed by atoms with E-state index in [1.165, 1.54) is 11.6 Å². The zero-order valence-electron chi connectivity index (χ0n) is 23.3. The van der Waals surface area contributed by atoms with E-state index < -0.39 is 5.92 Å². The monoisotopic (exact) mass is 551 g/mol. The van der Waals surface area contributed by atoms with Crippen LogP contribution in [0.3, 0.4) is 0 Å². The van der Waals surface area contributed by atoms with Crippen LogP contribution in [0.15, 0.2) is 95.3 Å². The van der Waals surface area contributed by atoms with Crippen LogP contribution < -0.4 is 9.47 Å². The van der Waals surface area contributed by atoms with Crippen LogP contribution in [-0.2, 0) is 22.6 Å². The smallest absolute Gasteiger partial charge is 0.161 e. The molecule has 3 aromatic rings. The van der Waals surface area contributed by atoms with Crippen molar-refractivity contribution in [3.63, 3.8) is 0 Å². The number of allylic oxidation sites excluding steroid dienone is 4. The summed E-state index contributed by atoms with van der Waals surface area (Å²) in [5.74, 6) is 0.444. The molecule has 0 fully saturated rings. The molecule has 0 amide bonds. The molecule has 0 N–H and O–H groups in total. The fourth-order valence-corrected chi connectivity index (χ4v) is 6.46. The van der Waals surface area contributed by atoms with Crippen LogP contribution in [0.1, 0.15) is 61.1 Å². The standard InChI is InChI=1S/C35H34FNO4/c1-40-32-21-24(17-18-31(32)41-22-25-11-5-6-12-26(25)36)33-34-27(13-7-15-29(34)38)37(20-19-23-9-3-2-4-10-23)28-14-8-16-30(39)35(28)33/h2-6,9-12,17-18,21,33H,7-8,13-16,19-20,22H2,1H3. The molecule has 210 valence electrons. The van der Waals surface area contributed by atoms with Crippen LogP contribution in [-0.4, -0.2) is 30.1 Å². The number of rotatable bonds is 8. The Balaban J connectivity index is 1.38. The quantitative estimate of drug-likeness (QED) is 0.300. The zero-order chi connectivity index (χ0) is 28.3. The zero-order valence-corrected chi connectivity index (χ0v) is 23.3. The minimum Gasteiger partial charge on any atom is -0.493 e. The van der Waals surface area contributed by atoms with Gasteiger partial charge in [-0.05, 0) is 61.4 Å². The number of hydrogen-bond donors (Lipinski definition) is 0. The van der Waals surface area contributed by atoms with Gasteiger partial charge in [0.1, 0.15) is 12.4 Å². The Labute approximate surface area is 240 Å². The summed E-state index contributed by atoms with van der Waals surface area (Å²) in [5.41, 5.74) is 6.16. The maximum atomic E-state index is 14.2. The van der Waals surface area contributed by atoms with Crippen molar-refractivity contribution in [3.8, 4) is 11.5 Å². The summed E-state index contributed by atoms with van der Waals surface area (Å²) < 4.78 is 25.8. The first-order chi connectivity index (χ1) is 20.0. The van der Waals surface area contributed by atoms with Crippen molar-refractivity contribution in [2.45, 2.75) is 57.5 Å². The number of carbonyl (C=O) groups is 2. The number of methoxy groups -OCH3 is 1. The molecule has 0 aromatic heterocycles. The van der Waals surface area contributed by atoms with Gasteiger partial charge < -0.3 is 14.4 Å². The Bertz CT molecular complexity index is 1500. The highest BCUT2D eigenvalue weighted by Crippen LogP contribution is 2.50. The van der Waals surface area contributed by atoms with Gasteiger partial charge in [-0.1, -0.05) is 54.6 Å². The number of carbonyl (C=O) groups excluding carboxylic acids is 2. The fourth-order valence-electron chi connectivity index (χ4n) is 6.46. The second-order valence-corrected chi connectivity index (χ2v) is 10.9. The molecule has 5 nitrogen and oxygen atoms in total.